The molecular weight excluding hydrogens is 210 g/mol. The van der Waals surface area contributed by atoms with E-state index in [1.165, 1.54) is 16.8 Å². The Morgan fingerprint density at radius 2 is 2.25 bits per heavy atom. The molecule has 0 aromatic carbocycles. The van der Waals surface area contributed by atoms with Gasteiger partial charge in [-0.1, -0.05) is 0 Å². The Morgan fingerprint density at radius 3 is 2.81 bits per heavy atom. The summed E-state index contributed by atoms with van der Waals surface area (Å²) in [6.45, 7) is 0. The number of aromatic nitrogens is 4. The first-order chi connectivity index (χ1) is 7.66. The summed E-state index contributed by atoms with van der Waals surface area (Å²) in [7, 11) is 1.70. The molecule has 0 spiro atoms. The third-order valence-corrected chi connectivity index (χ3v) is 1.97. The molecule has 0 aliphatic heterocycles. The van der Waals surface area contributed by atoms with Gasteiger partial charge in [-0.25, -0.2) is 5.10 Å². The minimum Gasteiger partial charge on any atom is -0.305 e. The van der Waals surface area contributed by atoms with Crippen molar-refractivity contribution in [1.82, 2.24) is 20.0 Å². The van der Waals surface area contributed by atoms with E-state index in [0.29, 0.717) is 5.82 Å². The number of hydrogen-bond acceptors (Lipinski definition) is 4. The smallest absolute Gasteiger partial charge is 0.277 e. The SMILES string of the molecule is Cn1nccc1NC(=O)c1ccc(=O)[nH]n1. The lowest BCUT2D eigenvalue weighted by Crippen LogP contribution is -2.18. The summed E-state index contributed by atoms with van der Waals surface area (Å²) in [6, 6.07) is 4.25. The molecule has 2 rings (SSSR count). The fraction of sp³-hybridized carbons (Fsp3) is 0.111. The van der Waals surface area contributed by atoms with Gasteiger partial charge in [0.2, 0.25) is 0 Å². The minimum atomic E-state index is -0.403. The first kappa shape index (κ1) is 10.1. The Labute approximate surface area is 90.1 Å². The number of anilines is 1. The molecule has 0 fully saturated rings. The number of rotatable bonds is 2. The molecule has 0 radical (unpaired) electrons. The molecule has 16 heavy (non-hydrogen) atoms. The van der Waals surface area contributed by atoms with Crippen LogP contribution in [-0.2, 0) is 7.05 Å². The fourth-order valence-electron chi connectivity index (χ4n) is 1.15. The Balaban J connectivity index is 2.18. The highest BCUT2D eigenvalue weighted by Gasteiger charge is 2.09. The van der Waals surface area contributed by atoms with E-state index in [0.717, 1.165) is 0 Å². The van der Waals surface area contributed by atoms with Gasteiger partial charge in [0, 0.05) is 19.2 Å². The topological polar surface area (TPSA) is 92.7 Å². The standard InChI is InChI=1S/C9H9N5O2/c1-14-7(4-5-10-14)11-9(16)6-2-3-8(15)13-12-6/h2-5H,1H3,(H,11,16)(H,13,15). The number of aryl methyl sites for hydroxylation is 1. The van der Waals surface area contributed by atoms with Crippen molar-refractivity contribution in [2.75, 3.05) is 5.32 Å². The predicted molar refractivity (Wildman–Crippen MR) is 56.0 cm³/mol. The second kappa shape index (κ2) is 3.97. The van der Waals surface area contributed by atoms with E-state index >= 15 is 0 Å². The van der Waals surface area contributed by atoms with Crippen molar-refractivity contribution in [3.05, 3.63) is 40.4 Å². The van der Waals surface area contributed by atoms with E-state index in [2.05, 4.69) is 20.6 Å². The van der Waals surface area contributed by atoms with Crippen molar-refractivity contribution in [3.8, 4) is 0 Å². The number of amides is 1. The van der Waals surface area contributed by atoms with E-state index in [1.807, 2.05) is 0 Å². The highest BCUT2D eigenvalue weighted by atomic mass is 16.2. The molecule has 0 saturated carbocycles. The summed E-state index contributed by atoms with van der Waals surface area (Å²) in [4.78, 5) is 22.4. The summed E-state index contributed by atoms with van der Waals surface area (Å²) in [6.07, 6.45) is 1.57. The Morgan fingerprint density at radius 1 is 1.44 bits per heavy atom. The summed E-state index contributed by atoms with van der Waals surface area (Å²) >= 11 is 0. The summed E-state index contributed by atoms with van der Waals surface area (Å²) in [5, 5.41) is 12.3. The average Bonchev–Trinajstić information content (AvgIpc) is 2.65. The zero-order chi connectivity index (χ0) is 11.5. The monoisotopic (exact) mass is 219 g/mol. The van der Waals surface area contributed by atoms with E-state index < -0.39 is 5.91 Å². The number of carbonyl (C=O) groups excluding carboxylic acids is 1. The van der Waals surface area contributed by atoms with Crippen LogP contribution in [0.25, 0.3) is 0 Å². The molecule has 0 bridgehead atoms. The number of carbonyl (C=O) groups is 1. The van der Waals surface area contributed by atoms with Crippen LogP contribution in [0.5, 0.6) is 0 Å². The molecule has 2 aromatic rings. The number of nitrogens with zero attached hydrogens (tertiary/aromatic N) is 3. The second-order valence-corrected chi connectivity index (χ2v) is 3.10. The van der Waals surface area contributed by atoms with Crippen LogP contribution < -0.4 is 10.9 Å². The lowest BCUT2D eigenvalue weighted by Gasteiger charge is -2.03. The molecule has 0 aliphatic carbocycles. The molecule has 2 heterocycles. The van der Waals surface area contributed by atoms with Gasteiger partial charge in [0.15, 0.2) is 0 Å². The van der Waals surface area contributed by atoms with Crippen LogP contribution in [0.15, 0.2) is 29.2 Å². The van der Waals surface area contributed by atoms with Crippen molar-refractivity contribution in [2.45, 2.75) is 0 Å². The van der Waals surface area contributed by atoms with Crippen molar-refractivity contribution < 1.29 is 4.79 Å². The Hall–Kier alpha value is -2.44. The van der Waals surface area contributed by atoms with Crippen molar-refractivity contribution in [2.24, 2.45) is 7.05 Å². The van der Waals surface area contributed by atoms with Crippen LogP contribution in [-0.4, -0.2) is 25.9 Å². The molecule has 2 N–H and O–H groups in total. The molecule has 2 aromatic heterocycles. The quantitative estimate of drug-likeness (QED) is 0.728. The maximum Gasteiger partial charge on any atom is 0.277 e. The van der Waals surface area contributed by atoms with Gasteiger partial charge < -0.3 is 5.32 Å². The van der Waals surface area contributed by atoms with Crippen molar-refractivity contribution in [1.29, 1.82) is 0 Å². The largest absolute Gasteiger partial charge is 0.305 e. The fourth-order valence-corrected chi connectivity index (χ4v) is 1.15. The highest BCUT2D eigenvalue weighted by Crippen LogP contribution is 2.04. The first-order valence-electron chi connectivity index (χ1n) is 4.52. The summed E-state index contributed by atoms with van der Waals surface area (Å²) in [5.74, 6) is 0.151. The first-order valence-corrected chi connectivity index (χ1v) is 4.52. The molecule has 0 saturated heterocycles. The predicted octanol–water partition coefficient (Wildman–Crippen LogP) is -0.244. The van der Waals surface area contributed by atoms with Gasteiger partial charge in [-0.15, -0.1) is 0 Å². The van der Waals surface area contributed by atoms with Crippen LogP contribution in [0.4, 0.5) is 5.82 Å². The van der Waals surface area contributed by atoms with Gasteiger partial charge in [-0.3, -0.25) is 14.3 Å². The Kier molecular flexibility index (Phi) is 2.50. The van der Waals surface area contributed by atoms with Crippen LogP contribution in [0.1, 0.15) is 10.5 Å². The Bertz CT molecular complexity index is 551. The maximum absolute atomic E-state index is 11.6. The zero-order valence-corrected chi connectivity index (χ0v) is 8.47. The molecule has 0 aliphatic rings. The summed E-state index contributed by atoms with van der Waals surface area (Å²) < 4.78 is 1.52. The van der Waals surface area contributed by atoms with Gasteiger partial charge >= 0.3 is 0 Å². The highest BCUT2D eigenvalue weighted by molar-refractivity contribution is 6.02. The number of nitrogens with one attached hydrogen (secondary N) is 2. The zero-order valence-electron chi connectivity index (χ0n) is 8.47. The number of hydrogen-bond donors (Lipinski definition) is 2. The van der Waals surface area contributed by atoms with Gasteiger partial charge in [-0.05, 0) is 6.07 Å². The van der Waals surface area contributed by atoms with Gasteiger partial charge in [0.25, 0.3) is 11.5 Å². The summed E-state index contributed by atoms with van der Waals surface area (Å²) in [5.41, 5.74) is -0.210. The van der Waals surface area contributed by atoms with Gasteiger partial charge in [0.05, 0.1) is 6.20 Å². The van der Waals surface area contributed by atoms with Gasteiger partial charge in [0.1, 0.15) is 11.5 Å². The van der Waals surface area contributed by atoms with E-state index in [-0.39, 0.29) is 11.3 Å². The lowest BCUT2D eigenvalue weighted by molar-refractivity contribution is 0.102. The molecule has 0 atom stereocenters. The maximum atomic E-state index is 11.6. The van der Waals surface area contributed by atoms with Crippen LogP contribution >= 0.6 is 0 Å². The second-order valence-electron chi connectivity index (χ2n) is 3.10. The molecule has 1 amide bonds. The molecule has 82 valence electrons. The minimum absolute atomic E-state index is 0.140. The number of H-pyrrole nitrogens is 1. The van der Waals surface area contributed by atoms with E-state index in [4.69, 9.17) is 0 Å². The van der Waals surface area contributed by atoms with Gasteiger partial charge in [-0.2, -0.15) is 10.2 Å². The van der Waals surface area contributed by atoms with Crippen LogP contribution in [0.3, 0.4) is 0 Å². The molecule has 7 nitrogen and oxygen atoms in total. The number of aromatic amines is 1. The third kappa shape index (κ3) is 1.97. The molecule has 0 unspecified atom stereocenters. The van der Waals surface area contributed by atoms with Crippen LogP contribution in [0.2, 0.25) is 0 Å². The third-order valence-electron chi connectivity index (χ3n) is 1.97. The lowest BCUT2D eigenvalue weighted by atomic mass is 10.3. The molecule has 7 heteroatoms. The average molecular weight is 219 g/mol. The van der Waals surface area contributed by atoms with Crippen LogP contribution in [0, 0.1) is 0 Å². The van der Waals surface area contributed by atoms with E-state index in [1.54, 1.807) is 19.3 Å². The molecular formula is C9H9N5O2. The van der Waals surface area contributed by atoms with Crippen molar-refractivity contribution in [3.63, 3.8) is 0 Å². The van der Waals surface area contributed by atoms with E-state index in [9.17, 15) is 9.59 Å². The van der Waals surface area contributed by atoms with Crippen molar-refractivity contribution >= 4 is 11.7 Å². The normalized spacial score (nSPS) is 10.1.